The summed E-state index contributed by atoms with van der Waals surface area (Å²) in [5, 5.41) is 0. The van der Waals surface area contributed by atoms with Gasteiger partial charge in [0.1, 0.15) is 0 Å². The number of nitrogens with zero attached hydrogens (tertiary/aromatic N) is 1. The Morgan fingerprint density at radius 1 is 1.67 bits per heavy atom. The van der Waals surface area contributed by atoms with Gasteiger partial charge in [0.05, 0.1) is 0 Å². The molecule has 0 aromatic rings. The Balaban J connectivity index is 3.54. The third-order valence-electron chi connectivity index (χ3n) is 1.27. The maximum Gasteiger partial charge on any atom is 0.0360 e. The summed E-state index contributed by atoms with van der Waals surface area (Å²) in [6.45, 7) is 3.75. The first kappa shape index (κ1) is 9.05. The number of thioether (sulfide) groups is 1. The van der Waals surface area contributed by atoms with Gasteiger partial charge in [0, 0.05) is 11.8 Å². The molecule has 54 valence electrons. The average molecular weight is 145 g/mol. The molecule has 0 aliphatic carbocycles. The van der Waals surface area contributed by atoms with Gasteiger partial charge in [0.2, 0.25) is 0 Å². The van der Waals surface area contributed by atoms with Crippen molar-refractivity contribution in [2.75, 3.05) is 26.1 Å². The van der Waals surface area contributed by atoms with Gasteiger partial charge in [-0.2, -0.15) is 11.8 Å². The highest BCUT2D eigenvalue weighted by molar-refractivity contribution is 7.98. The van der Waals surface area contributed by atoms with Gasteiger partial charge in [-0.05, 0) is 20.4 Å². The van der Waals surface area contributed by atoms with Gasteiger partial charge in [-0.3, -0.25) is 0 Å². The van der Waals surface area contributed by atoms with Crippen LogP contribution in [0.25, 0.3) is 0 Å². The first-order valence-electron chi connectivity index (χ1n) is 3.00. The van der Waals surface area contributed by atoms with Gasteiger partial charge in [-0.1, -0.05) is 6.08 Å². The fourth-order valence-corrected chi connectivity index (χ4v) is 1.37. The summed E-state index contributed by atoms with van der Waals surface area (Å²) in [5.74, 6) is 1.14. The van der Waals surface area contributed by atoms with E-state index >= 15 is 0 Å². The summed E-state index contributed by atoms with van der Waals surface area (Å²) in [7, 11) is 4.14. The molecular weight excluding hydrogens is 130 g/mol. The van der Waals surface area contributed by atoms with Crippen molar-refractivity contribution in [1.82, 2.24) is 4.90 Å². The maximum atomic E-state index is 3.75. The molecule has 0 saturated carbocycles. The summed E-state index contributed by atoms with van der Waals surface area (Å²) >= 11 is 1.85. The summed E-state index contributed by atoms with van der Waals surface area (Å²) in [6.07, 6.45) is 4.09. The predicted molar refractivity (Wildman–Crippen MR) is 46.1 cm³/mol. The van der Waals surface area contributed by atoms with Crippen molar-refractivity contribution in [3.05, 3.63) is 12.7 Å². The van der Waals surface area contributed by atoms with Crippen molar-refractivity contribution in [1.29, 1.82) is 0 Å². The molecule has 0 radical (unpaired) electrons. The molecule has 0 rings (SSSR count). The third-order valence-corrected chi connectivity index (χ3v) is 1.95. The van der Waals surface area contributed by atoms with E-state index in [-0.39, 0.29) is 0 Å². The Morgan fingerprint density at radius 2 is 2.22 bits per heavy atom. The minimum atomic E-state index is 0.528. The molecule has 0 fully saturated rings. The van der Waals surface area contributed by atoms with Crippen molar-refractivity contribution >= 4 is 11.8 Å². The van der Waals surface area contributed by atoms with Gasteiger partial charge in [-0.25, -0.2) is 0 Å². The summed E-state index contributed by atoms with van der Waals surface area (Å²) in [5.41, 5.74) is 0. The van der Waals surface area contributed by atoms with Gasteiger partial charge in [0.25, 0.3) is 0 Å². The zero-order chi connectivity index (χ0) is 7.28. The molecule has 0 amide bonds. The molecule has 1 atom stereocenters. The minimum Gasteiger partial charge on any atom is -0.302 e. The smallest absolute Gasteiger partial charge is 0.0360 e. The first-order chi connectivity index (χ1) is 4.22. The molecule has 9 heavy (non-hydrogen) atoms. The number of hydrogen-bond acceptors (Lipinski definition) is 2. The van der Waals surface area contributed by atoms with Crippen LogP contribution in [0, 0.1) is 0 Å². The van der Waals surface area contributed by atoms with Crippen LogP contribution in [0.3, 0.4) is 0 Å². The molecule has 0 aromatic heterocycles. The van der Waals surface area contributed by atoms with Crippen molar-refractivity contribution in [2.24, 2.45) is 0 Å². The fourth-order valence-electron chi connectivity index (χ4n) is 0.599. The number of likely N-dealkylation sites (N-methyl/N-ethyl adjacent to an activating group) is 1. The normalized spacial score (nSPS) is 13.8. The van der Waals surface area contributed by atoms with Crippen LogP contribution in [0.15, 0.2) is 12.7 Å². The van der Waals surface area contributed by atoms with E-state index in [4.69, 9.17) is 0 Å². The van der Waals surface area contributed by atoms with Gasteiger partial charge >= 0.3 is 0 Å². The van der Waals surface area contributed by atoms with Crippen molar-refractivity contribution in [3.63, 3.8) is 0 Å². The summed E-state index contributed by atoms with van der Waals surface area (Å²) in [6, 6.07) is 0.528. The van der Waals surface area contributed by atoms with Gasteiger partial charge in [0.15, 0.2) is 0 Å². The highest BCUT2D eigenvalue weighted by Gasteiger charge is 2.03. The Bertz CT molecular complexity index is 81.0. The largest absolute Gasteiger partial charge is 0.302 e. The van der Waals surface area contributed by atoms with Crippen molar-refractivity contribution < 1.29 is 0 Å². The lowest BCUT2D eigenvalue weighted by Crippen LogP contribution is -2.27. The standard InChI is InChI=1S/C7H15NS/c1-5-7(6-9-4)8(2)3/h5,7H,1,6H2,2-4H3/t7-/m1/s1. The van der Waals surface area contributed by atoms with E-state index in [1.165, 1.54) is 0 Å². The molecule has 0 unspecified atom stereocenters. The number of rotatable bonds is 4. The highest BCUT2D eigenvalue weighted by Crippen LogP contribution is 2.02. The second-order valence-electron chi connectivity index (χ2n) is 2.22. The van der Waals surface area contributed by atoms with Crippen LogP contribution in [-0.2, 0) is 0 Å². The maximum absolute atomic E-state index is 3.75. The Kier molecular flexibility index (Phi) is 4.91. The molecule has 0 bridgehead atoms. The molecule has 0 N–H and O–H groups in total. The second-order valence-corrected chi connectivity index (χ2v) is 3.13. The van der Waals surface area contributed by atoms with Crippen LogP contribution in [0.5, 0.6) is 0 Å². The molecule has 0 aromatic carbocycles. The van der Waals surface area contributed by atoms with Crippen LogP contribution in [-0.4, -0.2) is 37.0 Å². The molecule has 0 heterocycles. The molecule has 0 aliphatic rings. The van der Waals surface area contributed by atoms with Crippen molar-refractivity contribution in [2.45, 2.75) is 6.04 Å². The molecule has 0 spiro atoms. The monoisotopic (exact) mass is 145 g/mol. The average Bonchev–Trinajstić information content (AvgIpc) is 1.82. The van der Waals surface area contributed by atoms with Crippen LogP contribution >= 0.6 is 11.8 Å². The Morgan fingerprint density at radius 3 is 2.33 bits per heavy atom. The molecular formula is C7H15NS. The fraction of sp³-hybridized carbons (Fsp3) is 0.714. The lowest BCUT2D eigenvalue weighted by atomic mass is 10.3. The van der Waals surface area contributed by atoms with Crippen LogP contribution in [0.1, 0.15) is 0 Å². The lowest BCUT2D eigenvalue weighted by Gasteiger charge is -2.18. The predicted octanol–water partition coefficient (Wildman–Crippen LogP) is 1.47. The van der Waals surface area contributed by atoms with E-state index in [0.717, 1.165) is 5.75 Å². The Hall–Kier alpha value is 0.0500. The second kappa shape index (κ2) is 4.89. The topological polar surface area (TPSA) is 3.24 Å². The zero-order valence-corrected chi connectivity index (χ0v) is 7.24. The van der Waals surface area contributed by atoms with E-state index in [9.17, 15) is 0 Å². The molecule has 0 saturated heterocycles. The molecule has 0 aliphatic heterocycles. The SMILES string of the molecule is C=C[C@H](CSC)N(C)C. The summed E-state index contributed by atoms with van der Waals surface area (Å²) in [4.78, 5) is 2.17. The van der Waals surface area contributed by atoms with E-state index in [0.29, 0.717) is 6.04 Å². The van der Waals surface area contributed by atoms with E-state index in [2.05, 4.69) is 31.8 Å². The molecule has 2 heteroatoms. The van der Waals surface area contributed by atoms with Crippen LogP contribution in [0.4, 0.5) is 0 Å². The summed E-state index contributed by atoms with van der Waals surface area (Å²) < 4.78 is 0. The highest BCUT2D eigenvalue weighted by atomic mass is 32.2. The van der Waals surface area contributed by atoms with E-state index in [1.807, 2.05) is 17.8 Å². The van der Waals surface area contributed by atoms with Crippen LogP contribution < -0.4 is 0 Å². The van der Waals surface area contributed by atoms with Crippen LogP contribution in [0.2, 0.25) is 0 Å². The third kappa shape index (κ3) is 3.60. The molecule has 1 nitrogen and oxygen atoms in total. The van der Waals surface area contributed by atoms with Crippen molar-refractivity contribution in [3.8, 4) is 0 Å². The number of hydrogen-bond donors (Lipinski definition) is 0. The Labute approximate surface area is 62.1 Å². The van der Waals surface area contributed by atoms with E-state index < -0.39 is 0 Å². The lowest BCUT2D eigenvalue weighted by molar-refractivity contribution is 0.369. The van der Waals surface area contributed by atoms with Gasteiger partial charge in [-0.15, -0.1) is 6.58 Å². The van der Waals surface area contributed by atoms with Gasteiger partial charge < -0.3 is 4.90 Å². The zero-order valence-electron chi connectivity index (χ0n) is 6.42. The van der Waals surface area contributed by atoms with E-state index in [1.54, 1.807) is 0 Å². The quantitative estimate of drug-likeness (QED) is 0.551. The first-order valence-corrected chi connectivity index (χ1v) is 4.39. The minimum absolute atomic E-state index is 0.528.